The third kappa shape index (κ3) is 5.18. The van der Waals surface area contributed by atoms with Crippen molar-refractivity contribution in [3.8, 4) is 17.1 Å². The van der Waals surface area contributed by atoms with Crippen LogP contribution in [0.3, 0.4) is 0 Å². The molecule has 0 spiro atoms. The van der Waals surface area contributed by atoms with Crippen LogP contribution >= 0.6 is 23.4 Å². The van der Waals surface area contributed by atoms with E-state index >= 15 is 0 Å². The highest BCUT2D eigenvalue weighted by Crippen LogP contribution is 2.31. The topological polar surface area (TPSA) is 72.7 Å². The molecule has 2 aromatic carbocycles. The van der Waals surface area contributed by atoms with Crippen LogP contribution in [-0.2, 0) is 11.2 Å². The highest BCUT2D eigenvalue weighted by molar-refractivity contribution is 7.99. The van der Waals surface area contributed by atoms with Gasteiger partial charge in [0.25, 0.3) is 0 Å². The summed E-state index contributed by atoms with van der Waals surface area (Å²) in [6.07, 6.45) is 4.22. The number of hydrogen-bond acceptors (Lipinski definition) is 5. The largest absolute Gasteiger partial charge is 0.355 e. The molecule has 2 heterocycles. The molecule has 2 aromatic heterocycles. The van der Waals surface area contributed by atoms with Gasteiger partial charge in [0.1, 0.15) is 0 Å². The molecular formula is C24H22ClN5OS. The summed E-state index contributed by atoms with van der Waals surface area (Å²) in [6, 6.07) is 19.6. The number of halogens is 1. The van der Waals surface area contributed by atoms with E-state index in [9.17, 15) is 4.79 Å². The molecule has 4 aromatic rings. The lowest BCUT2D eigenvalue weighted by atomic mass is 10.1. The monoisotopic (exact) mass is 463 g/mol. The first-order valence-electron chi connectivity index (χ1n) is 10.2. The summed E-state index contributed by atoms with van der Waals surface area (Å²) < 4.78 is 1.94. The van der Waals surface area contributed by atoms with Gasteiger partial charge in [0, 0.05) is 29.5 Å². The van der Waals surface area contributed by atoms with Crippen LogP contribution in [0.1, 0.15) is 11.1 Å². The maximum atomic E-state index is 12.4. The van der Waals surface area contributed by atoms with Crippen LogP contribution in [0.15, 0.2) is 78.2 Å². The fraction of sp³-hybridized carbons (Fsp3) is 0.167. The normalized spacial score (nSPS) is 10.8. The molecule has 0 saturated heterocycles. The van der Waals surface area contributed by atoms with Crippen molar-refractivity contribution in [1.82, 2.24) is 25.1 Å². The number of nitrogens with one attached hydrogen (secondary N) is 1. The van der Waals surface area contributed by atoms with Crippen molar-refractivity contribution in [3.05, 3.63) is 89.2 Å². The third-order valence-corrected chi connectivity index (χ3v) is 6.30. The Kier molecular flexibility index (Phi) is 7.19. The molecule has 0 fully saturated rings. The first-order valence-corrected chi connectivity index (χ1v) is 11.5. The SMILES string of the molecule is Cc1c(Cl)cccc1-n1c(SCC(=O)NCCc2ccccc2)nnc1-c1ccncc1. The first-order chi connectivity index (χ1) is 15.6. The number of aromatic nitrogens is 4. The number of nitrogens with zero attached hydrogens (tertiary/aromatic N) is 4. The highest BCUT2D eigenvalue weighted by Gasteiger charge is 2.19. The second kappa shape index (κ2) is 10.4. The lowest BCUT2D eigenvalue weighted by molar-refractivity contribution is -0.118. The summed E-state index contributed by atoms with van der Waals surface area (Å²) in [5.41, 5.74) is 3.87. The quantitative estimate of drug-likeness (QED) is 0.382. The first kappa shape index (κ1) is 22.0. The molecule has 8 heteroatoms. The Morgan fingerprint density at radius 3 is 2.59 bits per heavy atom. The number of carbonyl (C=O) groups excluding carboxylic acids is 1. The van der Waals surface area contributed by atoms with Gasteiger partial charge in [-0.1, -0.05) is 59.8 Å². The van der Waals surface area contributed by atoms with E-state index < -0.39 is 0 Å². The standard InChI is InChI=1S/C24H22ClN5OS/c1-17-20(25)8-5-9-21(17)30-23(19-11-13-26-14-12-19)28-29-24(30)32-16-22(31)27-15-10-18-6-3-2-4-7-18/h2-9,11-14H,10,15-16H2,1H3,(H,27,31). The molecule has 1 amide bonds. The van der Waals surface area contributed by atoms with E-state index in [0.29, 0.717) is 22.5 Å². The molecule has 162 valence electrons. The lowest BCUT2D eigenvalue weighted by Gasteiger charge is -2.14. The Hall–Kier alpha value is -3.16. The zero-order valence-corrected chi connectivity index (χ0v) is 19.1. The Balaban J connectivity index is 1.52. The van der Waals surface area contributed by atoms with Crippen molar-refractivity contribution < 1.29 is 4.79 Å². The van der Waals surface area contributed by atoms with E-state index in [1.807, 2.05) is 60.0 Å². The molecule has 32 heavy (non-hydrogen) atoms. The Morgan fingerprint density at radius 1 is 1.03 bits per heavy atom. The van der Waals surface area contributed by atoms with Crippen molar-refractivity contribution >= 4 is 29.3 Å². The van der Waals surface area contributed by atoms with Crippen LogP contribution in [0.5, 0.6) is 0 Å². The fourth-order valence-electron chi connectivity index (χ4n) is 3.28. The van der Waals surface area contributed by atoms with Gasteiger partial charge in [0.15, 0.2) is 11.0 Å². The minimum Gasteiger partial charge on any atom is -0.355 e. The smallest absolute Gasteiger partial charge is 0.230 e. The number of pyridine rings is 1. The predicted molar refractivity (Wildman–Crippen MR) is 128 cm³/mol. The van der Waals surface area contributed by atoms with Crippen molar-refractivity contribution in [3.63, 3.8) is 0 Å². The van der Waals surface area contributed by atoms with Gasteiger partial charge in [0.05, 0.1) is 11.4 Å². The van der Waals surface area contributed by atoms with Crippen LogP contribution < -0.4 is 5.32 Å². The second-order valence-electron chi connectivity index (χ2n) is 7.14. The summed E-state index contributed by atoms with van der Waals surface area (Å²) in [6.45, 7) is 2.55. The Morgan fingerprint density at radius 2 is 1.81 bits per heavy atom. The average Bonchev–Trinajstić information content (AvgIpc) is 3.24. The third-order valence-electron chi connectivity index (χ3n) is 4.96. The van der Waals surface area contributed by atoms with E-state index in [-0.39, 0.29) is 11.7 Å². The molecule has 4 rings (SSSR count). The number of rotatable bonds is 8. The molecule has 0 radical (unpaired) electrons. The summed E-state index contributed by atoms with van der Waals surface area (Å²) >= 11 is 7.73. The van der Waals surface area contributed by atoms with Crippen LogP contribution in [0.2, 0.25) is 5.02 Å². The summed E-state index contributed by atoms with van der Waals surface area (Å²) in [5, 5.41) is 13.0. The lowest BCUT2D eigenvalue weighted by Crippen LogP contribution is -2.27. The molecule has 0 aliphatic heterocycles. The van der Waals surface area contributed by atoms with E-state index in [1.165, 1.54) is 17.3 Å². The van der Waals surface area contributed by atoms with Gasteiger partial charge in [-0.2, -0.15) is 0 Å². The van der Waals surface area contributed by atoms with Crippen LogP contribution in [0.4, 0.5) is 0 Å². The summed E-state index contributed by atoms with van der Waals surface area (Å²) in [7, 11) is 0. The molecule has 1 N–H and O–H groups in total. The van der Waals surface area contributed by atoms with Gasteiger partial charge < -0.3 is 5.32 Å². The number of benzene rings is 2. The number of amides is 1. The van der Waals surface area contributed by atoms with Gasteiger partial charge in [-0.05, 0) is 48.7 Å². The Labute approximate surface area is 196 Å². The van der Waals surface area contributed by atoms with E-state index in [0.717, 1.165) is 23.2 Å². The summed E-state index contributed by atoms with van der Waals surface area (Å²) in [4.78, 5) is 16.5. The molecule has 0 bridgehead atoms. The van der Waals surface area contributed by atoms with Crippen LogP contribution in [0.25, 0.3) is 17.1 Å². The van der Waals surface area contributed by atoms with E-state index in [4.69, 9.17) is 11.6 Å². The molecule has 6 nitrogen and oxygen atoms in total. The van der Waals surface area contributed by atoms with Crippen LogP contribution in [0, 0.1) is 6.92 Å². The van der Waals surface area contributed by atoms with Gasteiger partial charge in [0.2, 0.25) is 5.91 Å². The minimum atomic E-state index is -0.0474. The fourth-order valence-corrected chi connectivity index (χ4v) is 4.22. The van der Waals surface area contributed by atoms with Crippen molar-refractivity contribution in [2.24, 2.45) is 0 Å². The van der Waals surface area contributed by atoms with E-state index in [2.05, 4.69) is 32.6 Å². The highest BCUT2D eigenvalue weighted by atomic mass is 35.5. The minimum absolute atomic E-state index is 0.0474. The van der Waals surface area contributed by atoms with Crippen molar-refractivity contribution in [2.45, 2.75) is 18.5 Å². The predicted octanol–water partition coefficient (Wildman–Crippen LogP) is 4.74. The maximum Gasteiger partial charge on any atom is 0.230 e. The number of hydrogen-bond donors (Lipinski definition) is 1. The molecule has 0 unspecified atom stereocenters. The van der Waals surface area contributed by atoms with Crippen molar-refractivity contribution in [1.29, 1.82) is 0 Å². The second-order valence-corrected chi connectivity index (χ2v) is 8.49. The van der Waals surface area contributed by atoms with E-state index in [1.54, 1.807) is 12.4 Å². The zero-order chi connectivity index (χ0) is 22.3. The molecule has 0 aliphatic rings. The van der Waals surface area contributed by atoms with Gasteiger partial charge in [-0.3, -0.25) is 14.3 Å². The van der Waals surface area contributed by atoms with Crippen molar-refractivity contribution in [2.75, 3.05) is 12.3 Å². The molecular weight excluding hydrogens is 442 g/mol. The van der Waals surface area contributed by atoms with Gasteiger partial charge >= 0.3 is 0 Å². The molecule has 0 aliphatic carbocycles. The Bertz CT molecular complexity index is 1200. The number of carbonyl (C=O) groups is 1. The summed E-state index contributed by atoms with van der Waals surface area (Å²) in [5.74, 6) is 0.863. The van der Waals surface area contributed by atoms with Gasteiger partial charge in [-0.15, -0.1) is 10.2 Å². The van der Waals surface area contributed by atoms with Gasteiger partial charge in [-0.25, -0.2) is 0 Å². The number of thioether (sulfide) groups is 1. The molecule has 0 atom stereocenters. The molecule has 0 saturated carbocycles. The maximum absolute atomic E-state index is 12.4. The zero-order valence-electron chi connectivity index (χ0n) is 17.5. The van der Waals surface area contributed by atoms with Crippen LogP contribution in [-0.4, -0.2) is 38.0 Å². The average molecular weight is 464 g/mol.